The molecule has 4 aromatic rings. The fourth-order valence-electron chi connectivity index (χ4n) is 4.21. The van der Waals surface area contributed by atoms with Gasteiger partial charge in [-0.1, -0.05) is 61.5 Å². The van der Waals surface area contributed by atoms with E-state index in [4.69, 9.17) is 16.6 Å². The van der Waals surface area contributed by atoms with Crippen LogP contribution in [-0.4, -0.2) is 10.1 Å². The molecule has 0 aliphatic carbocycles. The van der Waals surface area contributed by atoms with Crippen molar-refractivity contribution in [3.05, 3.63) is 108 Å². The number of thiocarbonyl (C=S) groups is 1. The number of benzene rings is 2. The van der Waals surface area contributed by atoms with Crippen molar-refractivity contribution in [2.24, 2.45) is 0 Å². The van der Waals surface area contributed by atoms with Gasteiger partial charge in [-0.15, -0.1) is 0 Å². The summed E-state index contributed by atoms with van der Waals surface area (Å²) in [6, 6.07) is 26.9. The molecule has 4 nitrogen and oxygen atoms in total. The Kier molecular flexibility index (Phi) is 6.44. The van der Waals surface area contributed by atoms with Crippen LogP contribution in [0.15, 0.2) is 99.5 Å². The quantitative estimate of drug-likeness (QED) is 0.286. The number of aryl methyl sites for hydroxylation is 1. The van der Waals surface area contributed by atoms with E-state index < -0.39 is 0 Å². The number of pyridine rings is 1. The van der Waals surface area contributed by atoms with Crippen LogP contribution in [0.3, 0.4) is 0 Å². The Bertz CT molecular complexity index is 1270. The summed E-state index contributed by atoms with van der Waals surface area (Å²) in [5, 5.41) is 5.02. The van der Waals surface area contributed by atoms with Crippen LogP contribution in [0, 0.1) is 6.92 Å². The van der Waals surface area contributed by atoms with Gasteiger partial charge in [0.15, 0.2) is 10.2 Å². The Morgan fingerprint density at radius 2 is 1.74 bits per heavy atom. The third-order valence-corrected chi connectivity index (χ3v) is 7.31. The Hall–Kier alpha value is -3.09. The molecule has 2 atom stereocenters. The minimum absolute atomic E-state index is 0.123. The summed E-state index contributed by atoms with van der Waals surface area (Å²) in [4.78, 5) is 7.92. The van der Waals surface area contributed by atoms with Gasteiger partial charge in [0.1, 0.15) is 11.8 Å². The predicted octanol–water partition coefficient (Wildman–Crippen LogP) is 7.43. The highest BCUT2D eigenvalue weighted by atomic mass is 32.2. The van der Waals surface area contributed by atoms with Gasteiger partial charge in [0.05, 0.1) is 11.7 Å². The zero-order valence-electron chi connectivity index (χ0n) is 19.4. The molecule has 1 fully saturated rings. The van der Waals surface area contributed by atoms with E-state index in [0.29, 0.717) is 11.0 Å². The number of aromatic nitrogens is 1. The first kappa shape index (κ1) is 22.7. The highest BCUT2D eigenvalue weighted by molar-refractivity contribution is 7.99. The van der Waals surface area contributed by atoms with E-state index in [1.165, 1.54) is 11.1 Å². The third-order valence-electron chi connectivity index (χ3n) is 6.07. The molecule has 6 heteroatoms. The van der Waals surface area contributed by atoms with Gasteiger partial charge in [0.2, 0.25) is 0 Å². The molecule has 1 saturated heterocycles. The Morgan fingerprint density at radius 3 is 2.41 bits per heavy atom. The van der Waals surface area contributed by atoms with E-state index in [2.05, 4.69) is 90.6 Å². The first-order chi connectivity index (χ1) is 16.5. The number of anilines is 1. The summed E-state index contributed by atoms with van der Waals surface area (Å²) >= 11 is 7.45. The summed E-state index contributed by atoms with van der Waals surface area (Å²) in [5.74, 6) is 1.33. The van der Waals surface area contributed by atoms with Crippen LogP contribution in [0.1, 0.15) is 54.4 Å². The summed E-state index contributed by atoms with van der Waals surface area (Å²) in [6.07, 6.45) is 1.82. The molecule has 1 aliphatic heterocycles. The first-order valence-electron chi connectivity index (χ1n) is 11.4. The molecule has 34 heavy (non-hydrogen) atoms. The average molecular weight is 486 g/mol. The van der Waals surface area contributed by atoms with Crippen molar-refractivity contribution in [2.75, 3.05) is 4.90 Å². The van der Waals surface area contributed by atoms with Gasteiger partial charge >= 0.3 is 0 Å². The van der Waals surface area contributed by atoms with E-state index in [1.54, 1.807) is 11.8 Å². The molecular formula is C28H27N3OS2. The van der Waals surface area contributed by atoms with Crippen molar-refractivity contribution in [3.63, 3.8) is 0 Å². The number of hydrogen-bond acceptors (Lipinski definition) is 4. The van der Waals surface area contributed by atoms with Crippen molar-refractivity contribution >= 4 is 34.8 Å². The third kappa shape index (κ3) is 4.61. The monoisotopic (exact) mass is 485 g/mol. The lowest BCUT2D eigenvalue weighted by atomic mass is 10.0. The van der Waals surface area contributed by atoms with Crippen molar-refractivity contribution in [1.29, 1.82) is 0 Å². The molecule has 2 aromatic carbocycles. The molecular weight excluding hydrogens is 458 g/mol. The molecule has 172 valence electrons. The lowest BCUT2D eigenvalue weighted by Gasteiger charge is -2.26. The maximum atomic E-state index is 6.41. The first-order valence-corrected chi connectivity index (χ1v) is 12.7. The van der Waals surface area contributed by atoms with Gasteiger partial charge in [-0.3, -0.25) is 4.98 Å². The van der Waals surface area contributed by atoms with Crippen LogP contribution in [0.2, 0.25) is 0 Å². The maximum absolute atomic E-state index is 6.41. The number of rotatable bonds is 6. The highest BCUT2D eigenvalue weighted by Gasteiger charge is 2.42. The van der Waals surface area contributed by atoms with Crippen LogP contribution in [0.4, 0.5) is 5.69 Å². The van der Waals surface area contributed by atoms with Gasteiger partial charge in [-0.2, -0.15) is 0 Å². The minimum Gasteiger partial charge on any atom is -0.452 e. The zero-order chi connectivity index (χ0) is 23.7. The molecule has 1 aliphatic rings. The molecule has 5 rings (SSSR count). The molecule has 0 saturated carbocycles. The largest absolute Gasteiger partial charge is 0.452 e. The second kappa shape index (κ2) is 9.65. The smallest absolute Gasteiger partial charge is 0.174 e. The van der Waals surface area contributed by atoms with Crippen LogP contribution >= 0.6 is 24.0 Å². The molecule has 3 heterocycles. The fraction of sp³-hybridized carbons (Fsp3) is 0.214. The summed E-state index contributed by atoms with van der Waals surface area (Å²) in [7, 11) is 0. The van der Waals surface area contributed by atoms with Gasteiger partial charge < -0.3 is 14.6 Å². The van der Waals surface area contributed by atoms with Crippen molar-refractivity contribution in [2.45, 2.75) is 48.8 Å². The fourth-order valence-corrected chi connectivity index (χ4v) is 5.34. The zero-order valence-corrected chi connectivity index (χ0v) is 21.1. The van der Waals surface area contributed by atoms with E-state index >= 15 is 0 Å². The Morgan fingerprint density at radius 1 is 0.971 bits per heavy atom. The van der Waals surface area contributed by atoms with Crippen LogP contribution < -0.4 is 10.2 Å². The second-order valence-corrected chi connectivity index (χ2v) is 10.3. The van der Waals surface area contributed by atoms with Gasteiger partial charge in [0, 0.05) is 16.8 Å². The van der Waals surface area contributed by atoms with Gasteiger partial charge in [0.25, 0.3) is 0 Å². The Labute approximate surface area is 210 Å². The van der Waals surface area contributed by atoms with Gasteiger partial charge in [-0.05, 0) is 79.2 Å². The standard InChI is InChI=1S/C28H27N3OS2/c1-18(2)20-9-11-21(12-10-20)31-27(26(30-28(31)33)23-6-4-5-17-29-23)24-15-16-25(32-24)34-22-13-7-19(3)8-14-22/h4-18,26-27H,1-3H3,(H,30,33)/t26-,27+/m1/s1. The molecule has 1 N–H and O–H groups in total. The summed E-state index contributed by atoms with van der Waals surface area (Å²) in [5.41, 5.74) is 4.51. The Balaban J connectivity index is 1.51. The van der Waals surface area contributed by atoms with Crippen LogP contribution in [-0.2, 0) is 0 Å². The number of hydrogen-bond donors (Lipinski definition) is 1. The van der Waals surface area contributed by atoms with Crippen LogP contribution in [0.25, 0.3) is 0 Å². The van der Waals surface area contributed by atoms with E-state index in [9.17, 15) is 0 Å². The van der Waals surface area contributed by atoms with Gasteiger partial charge in [-0.25, -0.2) is 0 Å². The van der Waals surface area contributed by atoms with E-state index in [-0.39, 0.29) is 12.1 Å². The van der Waals surface area contributed by atoms with Crippen LogP contribution in [0.5, 0.6) is 0 Å². The van der Waals surface area contributed by atoms with Crippen molar-refractivity contribution < 1.29 is 4.42 Å². The number of nitrogens with one attached hydrogen (secondary N) is 1. The maximum Gasteiger partial charge on any atom is 0.174 e. The average Bonchev–Trinajstić information content (AvgIpc) is 3.45. The normalized spacial score (nSPS) is 17.9. The summed E-state index contributed by atoms with van der Waals surface area (Å²) < 4.78 is 6.41. The molecule has 0 bridgehead atoms. The molecule has 0 radical (unpaired) electrons. The lowest BCUT2D eigenvalue weighted by Crippen LogP contribution is -2.29. The molecule has 0 unspecified atom stereocenters. The number of nitrogens with zero attached hydrogens (tertiary/aromatic N) is 2. The lowest BCUT2D eigenvalue weighted by molar-refractivity contribution is 0.383. The topological polar surface area (TPSA) is 41.3 Å². The summed E-state index contributed by atoms with van der Waals surface area (Å²) in [6.45, 7) is 6.50. The molecule has 2 aromatic heterocycles. The van der Waals surface area contributed by atoms with Crippen molar-refractivity contribution in [3.8, 4) is 0 Å². The van der Waals surface area contributed by atoms with E-state index in [1.807, 2.05) is 30.5 Å². The number of furan rings is 1. The van der Waals surface area contributed by atoms with E-state index in [0.717, 1.165) is 27.1 Å². The second-order valence-electron chi connectivity index (χ2n) is 8.81. The highest BCUT2D eigenvalue weighted by Crippen LogP contribution is 2.43. The predicted molar refractivity (Wildman–Crippen MR) is 142 cm³/mol. The minimum atomic E-state index is -0.153. The van der Waals surface area contributed by atoms with Crippen molar-refractivity contribution in [1.82, 2.24) is 10.3 Å². The molecule has 0 amide bonds. The SMILES string of the molecule is Cc1ccc(Sc2ccc([C@H]3[C@@H](c4ccccn4)NC(=S)N3c3ccc(C(C)C)cc3)o2)cc1. The molecule has 0 spiro atoms.